The lowest BCUT2D eigenvalue weighted by Gasteiger charge is -2.29. The number of halogens is 1. The van der Waals surface area contributed by atoms with Crippen LogP contribution in [0.15, 0.2) is 84.3 Å². The minimum absolute atomic E-state index is 0.267. The summed E-state index contributed by atoms with van der Waals surface area (Å²) in [5.74, 6) is 0.850. The van der Waals surface area contributed by atoms with Crippen LogP contribution < -0.4 is 10.6 Å². The van der Waals surface area contributed by atoms with Crippen LogP contribution in [-0.2, 0) is 4.79 Å². The van der Waals surface area contributed by atoms with E-state index in [0.717, 1.165) is 16.7 Å². The van der Waals surface area contributed by atoms with Crippen molar-refractivity contribution >= 4 is 29.1 Å². The molecular formula is C25H21ClN6O. The number of allylic oxidation sites excluding steroid dienone is 1. The van der Waals surface area contributed by atoms with Crippen LogP contribution in [0.2, 0.25) is 5.02 Å². The van der Waals surface area contributed by atoms with E-state index in [1.54, 1.807) is 29.2 Å². The maximum Gasteiger partial charge on any atom is 0.255 e. The Morgan fingerprint density at radius 2 is 1.94 bits per heavy atom. The molecule has 0 radical (unpaired) electrons. The maximum atomic E-state index is 13.5. The Balaban J connectivity index is 1.63. The molecule has 164 valence electrons. The monoisotopic (exact) mass is 456 g/mol. The van der Waals surface area contributed by atoms with Crippen molar-refractivity contribution in [1.82, 2.24) is 19.7 Å². The van der Waals surface area contributed by atoms with Gasteiger partial charge in [0.15, 0.2) is 5.82 Å². The summed E-state index contributed by atoms with van der Waals surface area (Å²) >= 11 is 6.60. The number of amides is 1. The second-order valence-electron chi connectivity index (χ2n) is 7.86. The molecule has 0 bridgehead atoms. The van der Waals surface area contributed by atoms with Crippen LogP contribution in [0, 0.1) is 6.92 Å². The van der Waals surface area contributed by atoms with Crippen LogP contribution in [0.25, 0.3) is 11.4 Å². The maximum absolute atomic E-state index is 13.5. The standard InChI is InChI=1S/C25H21ClN6O/c1-15-7-5-8-17(13-15)23-30-25-28-16(2)21(24(33)29-18-9-6-12-27-14-18)22(32(25)31-23)19-10-3-4-11-20(19)26/h3-14,22H,1-2H3,(H,29,33)(H,28,30,31)/t22-/m1/s1. The third-order valence-corrected chi connectivity index (χ3v) is 5.84. The summed E-state index contributed by atoms with van der Waals surface area (Å²) in [6.07, 6.45) is 3.26. The Kier molecular flexibility index (Phi) is 5.40. The van der Waals surface area contributed by atoms with Gasteiger partial charge in [0.1, 0.15) is 6.04 Å². The van der Waals surface area contributed by atoms with Crippen LogP contribution in [0.4, 0.5) is 11.6 Å². The molecule has 1 aliphatic heterocycles. The highest BCUT2D eigenvalue weighted by Gasteiger charge is 2.35. The van der Waals surface area contributed by atoms with Gasteiger partial charge in [-0.15, -0.1) is 5.10 Å². The SMILES string of the molecule is CC1=C(C(=O)Nc2cccnc2)[C@@H](c2ccccc2Cl)n2nc(-c3cccc(C)c3)nc2N1. The van der Waals surface area contributed by atoms with Crippen molar-refractivity contribution in [3.8, 4) is 11.4 Å². The van der Waals surface area contributed by atoms with E-state index in [-0.39, 0.29) is 5.91 Å². The topological polar surface area (TPSA) is 84.7 Å². The number of aromatic nitrogens is 4. The van der Waals surface area contributed by atoms with Gasteiger partial charge in [-0.1, -0.05) is 53.6 Å². The quantitative estimate of drug-likeness (QED) is 0.439. The van der Waals surface area contributed by atoms with Gasteiger partial charge < -0.3 is 10.6 Å². The predicted molar refractivity (Wildman–Crippen MR) is 129 cm³/mol. The average Bonchev–Trinajstić information content (AvgIpc) is 3.23. The van der Waals surface area contributed by atoms with E-state index < -0.39 is 6.04 Å². The number of rotatable bonds is 4. The van der Waals surface area contributed by atoms with Crippen molar-refractivity contribution in [2.45, 2.75) is 19.9 Å². The van der Waals surface area contributed by atoms with E-state index in [0.29, 0.717) is 33.8 Å². The van der Waals surface area contributed by atoms with Gasteiger partial charge in [0, 0.05) is 28.0 Å². The summed E-state index contributed by atoms with van der Waals surface area (Å²) in [4.78, 5) is 22.3. The molecule has 3 heterocycles. The number of nitrogens with one attached hydrogen (secondary N) is 2. The van der Waals surface area contributed by atoms with E-state index >= 15 is 0 Å². The molecule has 33 heavy (non-hydrogen) atoms. The van der Waals surface area contributed by atoms with Gasteiger partial charge >= 0.3 is 0 Å². The van der Waals surface area contributed by atoms with E-state index in [2.05, 4.69) is 15.6 Å². The average molecular weight is 457 g/mol. The fourth-order valence-corrected chi connectivity index (χ4v) is 4.21. The van der Waals surface area contributed by atoms with Crippen LogP contribution in [-0.4, -0.2) is 25.7 Å². The number of carbonyl (C=O) groups excluding carboxylic acids is 1. The number of nitrogens with zero attached hydrogens (tertiary/aromatic N) is 4. The van der Waals surface area contributed by atoms with Crippen molar-refractivity contribution in [3.05, 3.63) is 100 Å². The first-order valence-electron chi connectivity index (χ1n) is 10.5. The van der Waals surface area contributed by atoms with Gasteiger partial charge in [0.25, 0.3) is 5.91 Å². The fourth-order valence-electron chi connectivity index (χ4n) is 3.97. The Hall–Kier alpha value is -3.97. The Labute approximate surface area is 196 Å². The van der Waals surface area contributed by atoms with Crippen molar-refractivity contribution in [1.29, 1.82) is 0 Å². The largest absolute Gasteiger partial charge is 0.328 e. The molecule has 1 amide bonds. The lowest BCUT2D eigenvalue weighted by atomic mass is 9.95. The summed E-state index contributed by atoms with van der Waals surface area (Å²) in [5, 5.41) is 11.5. The van der Waals surface area contributed by atoms with Gasteiger partial charge in [-0.05, 0) is 38.1 Å². The van der Waals surface area contributed by atoms with Gasteiger partial charge in [-0.3, -0.25) is 9.78 Å². The molecule has 1 aliphatic rings. The van der Waals surface area contributed by atoms with Gasteiger partial charge in [-0.25, -0.2) is 4.68 Å². The third-order valence-electron chi connectivity index (χ3n) is 5.49. The molecule has 0 aliphatic carbocycles. The first-order chi connectivity index (χ1) is 16.0. The smallest absolute Gasteiger partial charge is 0.255 e. The minimum Gasteiger partial charge on any atom is -0.328 e. The molecule has 0 saturated carbocycles. The molecule has 2 N–H and O–H groups in total. The van der Waals surface area contributed by atoms with Gasteiger partial charge in [0.05, 0.1) is 17.5 Å². The first-order valence-corrected chi connectivity index (χ1v) is 10.9. The molecule has 0 fully saturated rings. The number of carbonyl (C=O) groups is 1. The van der Waals surface area contributed by atoms with E-state index in [9.17, 15) is 4.79 Å². The zero-order valence-electron chi connectivity index (χ0n) is 18.1. The molecule has 4 aromatic rings. The molecule has 5 rings (SSSR count). The first kappa shape index (κ1) is 20.9. The normalized spacial score (nSPS) is 15.1. The summed E-state index contributed by atoms with van der Waals surface area (Å²) in [6, 6.07) is 18.5. The molecular weight excluding hydrogens is 436 g/mol. The summed E-state index contributed by atoms with van der Waals surface area (Å²) < 4.78 is 1.73. The van der Waals surface area contributed by atoms with Crippen LogP contribution in [0.1, 0.15) is 24.1 Å². The fraction of sp³-hybridized carbons (Fsp3) is 0.120. The zero-order valence-corrected chi connectivity index (χ0v) is 18.8. The van der Waals surface area contributed by atoms with Crippen molar-refractivity contribution in [2.75, 3.05) is 10.6 Å². The zero-order chi connectivity index (χ0) is 22.9. The number of benzene rings is 2. The Bertz CT molecular complexity index is 1380. The molecule has 7 nitrogen and oxygen atoms in total. The summed E-state index contributed by atoms with van der Waals surface area (Å²) in [7, 11) is 0. The second kappa shape index (κ2) is 8.52. The minimum atomic E-state index is -0.558. The van der Waals surface area contributed by atoms with E-state index in [4.69, 9.17) is 21.7 Å². The lowest BCUT2D eigenvalue weighted by molar-refractivity contribution is -0.113. The molecule has 0 unspecified atom stereocenters. The lowest BCUT2D eigenvalue weighted by Crippen LogP contribution is -2.31. The summed E-state index contributed by atoms with van der Waals surface area (Å²) in [6.45, 7) is 3.88. The number of anilines is 2. The van der Waals surface area contributed by atoms with Crippen LogP contribution in [0.3, 0.4) is 0 Å². The highest BCUT2D eigenvalue weighted by Crippen LogP contribution is 2.39. The van der Waals surface area contributed by atoms with Crippen molar-refractivity contribution in [2.24, 2.45) is 0 Å². The number of pyridine rings is 1. The van der Waals surface area contributed by atoms with Gasteiger partial charge in [0.2, 0.25) is 5.95 Å². The van der Waals surface area contributed by atoms with E-state index in [1.165, 1.54) is 0 Å². The number of hydrogen-bond donors (Lipinski definition) is 2. The van der Waals surface area contributed by atoms with Crippen LogP contribution >= 0.6 is 11.6 Å². The van der Waals surface area contributed by atoms with E-state index in [1.807, 2.05) is 62.4 Å². The third kappa shape index (κ3) is 3.99. The van der Waals surface area contributed by atoms with Crippen LogP contribution in [0.5, 0.6) is 0 Å². The van der Waals surface area contributed by atoms with Gasteiger partial charge in [-0.2, -0.15) is 4.98 Å². The Morgan fingerprint density at radius 1 is 1.09 bits per heavy atom. The molecule has 1 atom stereocenters. The molecule has 0 spiro atoms. The molecule has 2 aromatic carbocycles. The highest BCUT2D eigenvalue weighted by atomic mass is 35.5. The molecule has 2 aromatic heterocycles. The highest BCUT2D eigenvalue weighted by molar-refractivity contribution is 6.31. The molecule has 8 heteroatoms. The van der Waals surface area contributed by atoms with Crippen molar-refractivity contribution < 1.29 is 4.79 Å². The number of fused-ring (bicyclic) bond motifs is 1. The number of aryl methyl sites for hydroxylation is 1. The molecule has 0 saturated heterocycles. The predicted octanol–water partition coefficient (Wildman–Crippen LogP) is 5.23. The Morgan fingerprint density at radius 3 is 2.70 bits per heavy atom. The second-order valence-corrected chi connectivity index (χ2v) is 8.26. The summed E-state index contributed by atoms with van der Waals surface area (Å²) in [5.41, 5.74) is 4.55. The number of hydrogen-bond acceptors (Lipinski definition) is 5. The van der Waals surface area contributed by atoms with Crippen molar-refractivity contribution in [3.63, 3.8) is 0 Å².